The molecule has 1 unspecified atom stereocenters. The summed E-state index contributed by atoms with van der Waals surface area (Å²) in [6, 6.07) is 11.8. The Morgan fingerprint density at radius 1 is 1.29 bits per heavy atom. The number of carbonyl (C=O) groups is 1. The third kappa shape index (κ3) is 2.49. The Labute approximate surface area is 123 Å². The van der Waals surface area contributed by atoms with Crippen LogP contribution >= 0.6 is 0 Å². The van der Waals surface area contributed by atoms with E-state index in [-0.39, 0.29) is 11.6 Å². The number of amides is 1. The van der Waals surface area contributed by atoms with Crippen molar-refractivity contribution < 1.29 is 9.18 Å². The highest BCUT2D eigenvalue weighted by Crippen LogP contribution is 2.31. The molecule has 21 heavy (non-hydrogen) atoms. The summed E-state index contributed by atoms with van der Waals surface area (Å²) in [4.78, 5) is 14.5. The van der Waals surface area contributed by atoms with Crippen LogP contribution in [0, 0.1) is 11.7 Å². The van der Waals surface area contributed by atoms with E-state index in [1.807, 2.05) is 24.3 Å². The lowest BCUT2D eigenvalue weighted by molar-refractivity contribution is 0.0982. The van der Waals surface area contributed by atoms with E-state index >= 15 is 0 Å². The SMILES string of the molecule is CC1Cc2ccccc2N(C(=O)c2ccc(F)cc2N)C1. The molecule has 0 fully saturated rings. The van der Waals surface area contributed by atoms with Crippen LogP contribution in [0.3, 0.4) is 0 Å². The average molecular weight is 284 g/mol. The number of hydrogen-bond acceptors (Lipinski definition) is 2. The van der Waals surface area contributed by atoms with Crippen LogP contribution in [0.2, 0.25) is 0 Å². The van der Waals surface area contributed by atoms with Crippen molar-refractivity contribution in [3.05, 3.63) is 59.4 Å². The van der Waals surface area contributed by atoms with E-state index in [9.17, 15) is 9.18 Å². The summed E-state index contributed by atoms with van der Waals surface area (Å²) in [5, 5.41) is 0. The van der Waals surface area contributed by atoms with Crippen LogP contribution in [0.1, 0.15) is 22.8 Å². The molecule has 0 saturated heterocycles. The van der Waals surface area contributed by atoms with Crippen molar-refractivity contribution in [1.82, 2.24) is 0 Å². The molecule has 4 heteroatoms. The zero-order valence-electron chi connectivity index (χ0n) is 11.8. The normalized spacial score (nSPS) is 17.4. The average Bonchev–Trinajstić information content (AvgIpc) is 2.45. The first-order valence-corrected chi connectivity index (χ1v) is 7.01. The maximum absolute atomic E-state index is 13.1. The van der Waals surface area contributed by atoms with Gasteiger partial charge in [0.05, 0.1) is 5.56 Å². The standard InChI is InChI=1S/C17H17FN2O/c1-11-8-12-4-2-3-5-16(12)20(10-11)17(21)14-7-6-13(18)9-15(14)19/h2-7,9,11H,8,10,19H2,1H3. The molecule has 1 aliphatic rings. The Kier molecular flexibility index (Phi) is 3.37. The van der Waals surface area contributed by atoms with Crippen molar-refractivity contribution in [1.29, 1.82) is 0 Å². The summed E-state index contributed by atoms with van der Waals surface area (Å²) in [7, 11) is 0. The molecular weight excluding hydrogens is 267 g/mol. The van der Waals surface area contributed by atoms with Gasteiger partial charge in [-0.15, -0.1) is 0 Å². The zero-order chi connectivity index (χ0) is 15.0. The quantitative estimate of drug-likeness (QED) is 0.817. The third-order valence-electron chi connectivity index (χ3n) is 3.83. The Morgan fingerprint density at radius 2 is 2.05 bits per heavy atom. The first-order valence-electron chi connectivity index (χ1n) is 7.01. The van der Waals surface area contributed by atoms with Crippen LogP contribution < -0.4 is 10.6 Å². The number of halogens is 1. The summed E-state index contributed by atoms with van der Waals surface area (Å²) in [5.41, 5.74) is 8.40. The second-order valence-electron chi connectivity index (χ2n) is 5.59. The van der Waals surface area contributed by atoms with Crippen molar-refractivity contribution >= 4 is 17.3 Å². The first kappa shape index (κ1) is 13.6. The molecule has 0 spiro atoms. The van der Waals surface area contributed by atoms with Gasteiger partial charge in [0.2, 0.25) is 0 Å². The topological polar surface area (TPSA) is 46.3 Å². The van der Waals surface area contributed by atoms with Gasteiger partial charge in [-0.25, -0.2) is 4.39 Å². The van der Waals surface area contributed by atoms with Crippen molar-refractivity contribution in [2.45, 2.75) is 13.3 Å². The fourth-order valence-corrected chi connectivity index (χ4v) is 2.86. The number of hydrogen-bond donors (Lipinski definition) is 1. The van der Waals surface area contributed by atoms with E-state index in [4.69, 9.17) is 5.73 Å². The third-order valence-corrected chi connectivity index (χ3v) is 3.83. The Balaban J connectivity index is 2.02. The minimum absolute atomic E-state index is 0.175. The van der Waals surface area contributed by atoms with E-state index in [2.05, 4.69) is 6.92 Å². The monoisotopic (exact) mass is 284 g/mol. The molecule has 1 heterocycles. The van der Waals surface area contributed by atoms with Gasteiger partial charge in [-0.1, -0.05) is 25.1 Å². The van der Waals surface area contributed by atoms with Crippen LogP contribution in [-0.4, -0.2) is 12.5 Å². The van der Waals surface area contributed by atoms with E-state index in [1.165, 1.54) is 18.2 Å². The van der Waals surface area contributed by atoms with Gasteiger partial charge in [0.1, 0.15) is 5.82 Å². The van der Waals surface area contributed by atoms with Crippen molar-refractivity contribution in [2.75, 3.05) is 17.2 Å². The Bertz CT molecular complexity index is 699. The van der Waals surface area contributed by atoms with Crippen LogP contribution in [-0.2, 0) is 6.42 Å². The van der Waals surface area contributed by atoms with Gasteiger partial charge in [0.25, 0.3) is 5.91 Å². The van der Waals surface area contributed by atoms with E-state index in [1.54, 1.807) is 4.90 Å². The molecular formula is C17H17FN2O. The van der Waals surface area contributed by atoms with Crippen molar-refractivity contribution in [3.8, 4) is 0 Å². The number of para-hydroxylation sites is 1. The molecule has 1 amide bonds. The van der Waals surface area contributed by atoms with Gasteiger partial charge in [0.15, 0.2) is 0 Å². The molecule has 2 aromatic rings. The smallest absolute Gasteiger partial charge is 0.260 e. The van der Waals surface area contributed by atoms with Crippen molar-refractivity contribution in [2.24, 2.45) is 5.92 Å². The number of fused-ring (bicyclic) bond motifs is 1. The number of nitrogen functional groups attached to an aromatic ring is 1. The highest BCUT2D eigenvalue weighted by atomic mass is 19.1. The Hall–Kier alpha value is -2.36. The van der Waals surface area contributed by atoms with Crippen LogP contribution in [0.25, 0.3) is 0 Å². The lowest BCUT2D eigenvalue weighted by Crippen LogP contribution is -2.39. The molecule has 0 radical (unpaired) electrons. The highest BCUT2D eigenvalue weighted by Gasteiger charge is 2.27. The van der Waals surface area contributed by atoms with Gasteiger partial charge >= 0.3 is 0 Å². The van der Waals surface area contributed by atoms with Crippen LogP contribution in [0.15, 0.2) is 42.5 Å². The van der Waals surface area contributed by atoms with E-state index < -0.39 is 5.82 Å². The second kappa shape index (κ2) is 5.20. The predicted molar refractivity (Wildman–Crippen MR) is 81.8 cm³/mol. The first-order chi connectivity index (χ1) is 10.1. The number of nitrogens with two attached hydrogens (primary N) is 1. The molecule has 3 nitrogen and oxygen atoms in total. The van der Waals surface area contributed by atoms with E-state index in [0.29, 0.717) is 18.0 Å². The molecule has 1 aliphatic heterocycles. The molecule has 108 valence electrons. The molecule has 2 aromatic carbocycles. The van der Waals surface area contributed by atoms with Crippen LogP contribution in [0.4, 0.5) is 15.8 Å². The minimum Gasteiger partial charge on any atom is -0.398 e. The number of rotatable bonds is 1. The molecule has 1 atom stereocenters. The summed E-state index contributed by atoms with van der Waals surface area (Å²) in [6.07, 6.45) is 0.957. The molecule has 0 saturated carbocycles. The van der Waals surface area contributed by atoms with Crippen LogP contribution in [0.5, 0.6) is 0 Å². The van der Waals surface area contributed by atoms with Gasteiger partial charge in [0, 0.05) is 17.9 Å². The predicted octanol–water partition coefficient (Wildman–Crippen LogP) is 3.25. The summed E-state index contributed by atoms with van der Waals surface area (Å²) >= 11 is 0. The van der Waals surface area contributed by atoms with Gasteiger partial charge in [-0.2, -0.15) is 0 Å². The highest BCUT2D eigenvalue weighted by molar-refractivity contribution is 6.09. The molecule has 3 rings (SSSR count). The van der Waals surface area contributed by atoms with Crippen molar-refractivity contribution in [3.63, 3.8) is 0 Å². The minimum atomic E-state index is -0.434. The Morgan fingerprint density at radius 3 is 2.81 bits per heavy atom. The number of carbonyl (C=O) groups excluding carboxylic acids is 1. The zero-order valence-corrected chi connectivity index (χ0v) is 11.8. The number of benzene rings is 2. The molecule has 0 aliphatic carbocycles. The van der Waals surface area contributed by atoms with Gasteiger partial charge < -0.3 is 10.6 Å². The van der Waals surface area contributed by atoms with Gasteiger partial charge in [-0.05, 0) is 42.2 Å². The fourth-order valence-electron chi connectivity index (χ4n) is 2.86. The summed E-state index contributed by atoms with van der Waals surface area (Å²) in [6.45, 7) is 2.76. The van der Waals surface area contributed by atoms with E-state index in [0.717, 1.165) is 17.7 Å². The molecule has 0 bridgehead atoms. The summed E-state index contributed by atoms with van der Waals surface area (Å²) in [5.74, 6) is -0.228. The molecule has 0 aromatic heterocycles. The lowest BCUT2D eigenvalue weighted by Gasteiger charge is -2.33. The number of anilines is 2. The maximum Gasteiger partial charge on any atom is 0.260 e. The maximum atomic E-state index is 13.1. The summed E-state index contributed by atoms with van der Waals surface area (Å²) < 4.78 is 13.1. The fraction of sp³-hybridized carbons (Fsp3) is 0.235. The second-order valence-corrected chi connectivity index (χ2v) is 5.59. The molecule has 2 N–H and O–H groups in total. The lowest BCUT2D eigenvalue weighted by atomic mass is 9.93. The largest absolute Gasteiger partial charge is 0.398 e. The van der Waals surface area contributed by atoms with Gasteiger partial charge in [-0.3, -0.25) is 4.79 Å². The number of nitrogens with zero attached hydrogens (tertiary/aromatic N) is 1.